The Kier molecular flexibility index (Phi) is 6.03. The monoisotopic (exact) mass is 313 g/mol. The molecule has 114 valence electrons. The molecule has 19 heavy (non-hydrogen) atoms. The molecule has 0 aliphatic carbocycles. The van der Waals surface area contributed by atoms with Gasteiger partial charge >= 0.3 is 0 Å². The Balaban J connectivity index is 0.00000180. The van der Waals surface area contributed by atoms with Gasteiger partial charge in [0, 0.05) is 32.2 Å². The van der Waals surface area contributed by atoms with Crippen molar-refractivity contribution in [1.29, 1.82) is 0 Å². The van der Waals surface area contributed by atoms with Crippen molar-refractivity contribution in [3.8, 4) is 0 Å². The highest BCUT2D eigenvalue weighted by Gasteiger charge is 2.36. The second kappa shape index (κ2) is 6.69. The summed E-state index contributed by atoms with van der Waals surface area (Å²) >= 11 is 0. The van der Waals surface area contributed by atoms with Crippen LogP contribution in [0.4, 0.5) is 0 Å². The zero-order chi connectivity index (χ0) is 13.3. The van der Waals surface area contributed by atoms with Gasteiger partial charge in [0.1, 0.15) is 0 Å². The molecule has 0 aromatic carbocycles. The van der Waals surface area contributed by atoms with Crippen molar-refractivity contribution < 1.29 is 13.2 Å². The second-order valence-corrected chi connectivity index (χ2v) is 7.25. The van der Waals surface area contributed by atoms with Crippen molar-refractivity contribution in [2.75, 3.05) is 26.2 Å². The SMILES string of the molecule is CC1CN(S(=O)(=O)N2CCC(N)CC2)CC(C)O1.Cl. The van der Waals surface area contributed by atoms with E-state index in [-0.39, 0.29) is 30.7 Å². The van der Waals surface area contributed by atoms with Crippen LogP contribution in [0.3, 0.4) is 0 Å². The largest absolute Gasteiger partial charge is 0.373 e. The molecule has 2 unspecified atom stereocenters. The number of halogens is 1. The van der Waals surface area contributed by atoms with Gasteiger partial charge in [0.05, 0.1) is 12.2 Å². The fourth-order valence-electron chi connectivity index (χ4n) is 2.59. The van der Waals surface area contributed by atoms with Gasteiger partial charge in [-0.2, -0.15) is 17.0 Å². The third-order valence-corrected chi connectivity index (χ3v) is 5.51. The van der Waals surface area contributed by atoms with Gasteiger partial charge in [-0.05, 0) is 26.7 Å². The van der Waals surface area contributed by atoms with Crippen LogP contribution in [0.15, 0.2) is 0 Å². The minimum Gasteiger partial charge on any atom is -0.373 e. The molecule has 0 aromatic heterocycles. The highest BCUT2D eigenvalue weighted by atomic mass is 35.5. The number of piperidine rings is 1. The lowest BCUT2D eigenvalue weighted by molar-refractivity contribution is -0.0456. The van der Waals surface area contributed by atoms with Crippen LogP contribution in [0.5, 0.6) is 0 Å². The fourth-order valence-corrected chi connectivity index (χ4v) is 4.38. The van der Waals surface area contributed by atoms with E-state index in [0.717, 1.165) is 12.8 Å². The minimum atomic E-state index is -3.34. The van der Waals surface area contributed by atoms with Crippen LogP contribution >= 0.6 is 12.4 Å². The molecular weight excluding hydrogens is 290 g/mol. The summed E-state index contributed by atoms with van der Waals surface area (Å²) in [5.41, 5.74) is 5.81. The number of nitrogens with two attached hydrogens (primary N) is 1. The van der Waals surface area contributed by atoms with Gasteiger partial charge < -0.3 is 10.5 Å². The third-order valence-electron chi connectivity index (χ3n) is 3.54. The topological polar surface area (TPSA) is 75.9 Å². The lowest BCUT2D eigenvalue weighted by atomic mass is 10.1. The Morgan fingerprint density at radius 3 is 2.00 bits per heavy atom. The normalized spacial score (nSPS) is 31.9. The average molecular weight is 314 g/mol. The van der Waals surface area contributed by atoms with E-state index in [2.05, 4.69) is 0 Å². The Bertz CT molecular complexity index is 375. The number of ether oxygens (including phenoxy) is 1. The number of rotatable bonds is 2. The number of hydrogen-bond donors (Lipinski definition) is 1. The van der Waals surface area contributed by atoms with Crippen LogP contribution in [-0.4, -0.2) is 61.5 Å². The first-order chi connectivity index (χ1) is 8.39. The molecular formula is C11H24ClN3O3S. The molecule has 0 bridgehead atoms. The molecule has 2 fully saturated rings. The van der Waals surface area contributed by atoms with Gasteiger partial charge in [-0.15, -0.1) is 12.4 Å². The molecule has 2 N–H and O–H groups in total. The Hall–Kier alpha value is 0.0800. The smallest absolute Gasteiger partial charge is 0.282 e. The molecule has 0 amide bonds. The van der Waals surface area contributed by atoms with Crippen LogP contribution in [0.1, 0.15) is 26.7 Å². The third kappa shape index (κ3) is 4.03. The quantitative estimate of drug-likeness (QED) is 0.789. The molecule has 6 nitrogen and oxygen atoms in total. The predicted octanol–water partition coefficient (Wildman–Crippen LogP) is 0.185. The Morgan fingerprint density at radius 2 is 1.53 bits per heavy atom. The van der Waals surface area contributed by atoms with Crippen molar-refractivity contribution in [3.05, 3.63) is 0 Å². The van der Waals surface area contributed by atoms with Crippen LogP contribution in [0.25, 0.3) is 0 Å². The standard InChI is InChI=1S/C11H23N3O3S.ClH/c1-9-7-14(8-10(2)17-9)18(15,16)13-5-3-11(12)4-6-13;/h9-11H,3-8,12H2,1-2H3;1H. The molecule has 0 saturated carbocycles. The molecule has 8 heteroatoms. The summed E-state index contributed by atoms with van der Waals surface area (Å²) < 4.78 is 33.7. The first-order valence-corrected chi connectivity index (χ1v) is 7.95. The summed E-state index contributed by atoms with van der Waals surface area (Å²) in [6.07, 6.45) is 1.40. The molecule has 0 radical (unpaired) electrons. The first kappa shape index (κ1) is 17.1. The van der Waals surface area contributed by atoms with E-state index in [4.69, 9.17) is 10.5 Å². The van der Waals surface area contributed by atoms with Crippen molar-refractivity contribution in [2.24, 2.45) is 5.73 Å². The molecule has 2 atom stereocenters. The van der Waals surface area contributed by atoms with Crippen LogP contribution in [0.2, 0.25) is 0 Å². The van der Waals surface area contributed by atoms with E-state index < -0.39 is 10.2 Å². The average Bonchev–Trinajstić information content (AvgIpc) is 2.28. The predicted molar refractivity (Wildman–Crippen MR) is 76.5 cm³/mol. The minimum absolute atomic E-state index is 0. The van der Waals surface area contributed by atoms with E-state index in [9.17, 15) is 8.42 Å². The van der Waals surface area contributed by atoms with Crippen molar-refractivity contribution >= 4 is 22.6 Å². The summed E-state index contributed by atoms with van der Waals surface area (Å²) in [5, 5.41) is 0. The van der Waals surface area contributed by atoms with E-state index in [1.807, 2.05) is 13.8 Å². The van der Waals surface area contributed by atoms with E-state index in [1.165, 1.54) is 0 Å². The van der Waals surface area contributed by atoms with Crippen LogP contribution in [0, 0.1) is 0 Å². The van der Waals surface area contributed by atoms with Gasteiger partial charge in [0.25, 0.3) is 10.2 Å². The van der Waals surface area contributed by atoms with Gasteiger partial charge in [-0.3, -0.25) is 0 Å². The lowest BCUT2D eigenvalue weighted by Crippen LogP contribution is -2.55. The number of nitrogens with zero attached hydrogens (tertiary/aromatic N) is 2. The van der Waals surface area contributed by atoms with Gasteiger partial charge in [-0.25, -0.2) is 0 Å². The lowest BCUT2D eigenvalue weighted by Gasteiger charge is -2.39. The summed E-state index contributed by atoms with van der Waals surface area (Å²) in [7, 11) is -3.34. The van der Waals surface area contributed by atoms with Crippen molar-refractivity contribution in [3.63, 3.8) is 0 Å². The first-order valence-electron chi connectivity index (χ1n) is 6.56. The Morgan fingerprint density at radius 1 is 1.05 bits per heavy atom. The maximum atomic E-state index is 12.5. The van der Waals surface area contributed by atoms with Gasteiger partial charge in [0.15, 0.2) is 0 Å². The zero-order valence-electron chi connectivity index (χ0n) is 11.5. The Labute approximate surface area is 121 Å². The van der Waals surface area contributed by atoms with Gasteiger partial charge in [-0.1, -0.05) is 0 Å². The van der Waals surface area contributed by atoms with Gasteiger partial charge in [0.2, 0.25) is 0 Å². The van der Waals surface area contributed by atoms with Crippen molar-refractivity contribution in [2.45, 2.75) is 44.9 Å². The highest BCUT2D eigenvalue weighted by molar-refractivity contribution is 7.86. The molecule has 2 saturated heterocycles. The number of hydrogen-bond acceptors (Lipinski definition) is 4. The maximum absolute atomic E-state index is 12.5. The van der Waals surface area contributed by atoms with E-state index in [0.29, 0.717) is 26.2 Å². The summed E-state index contributed by atoms with van der Waals surface area (Å²) in [4.78, 5) is 0. The summed E-state index contributed by atoms with van der Waals surface area (Å²) in [6, 6.07) is 0.138. The molecule has 0 spiro atoms. The molecule has 0 aromatic rings. The zero-order valence-corrected chi connectivity index (χ0v) is 13.1. The fraction of sp³-hybridized carbons (Fsp3) is 1.00. The summed E-state index contributed by atoms with van der Waals surface area (Å²) in [5.74, 6) is 0. The van der Waals surface area contributed by atoms with Crippen LogP contribution < -0.4 is 5.73 Å². The molecule has 2 heterocycles. The summed E-state index contributed by atoms with van der Waals surface area (Å²) in [6.45, 7) is 5.76. The molecule has 2 aliphatic heterocycles. The molecule has 2 aliphatic rings. The highest BCUT2D eigenvalue weighted by Crippen LogP contribution is 2.20. The van der Waals surface area contributed by atoms with Crippen molar-refractivity contribution in [1.82, 2.24) is 8.61 Å². The second-order valence-electron chi connectivity index (χ2n) is 5.32. The van der Waals surface area contributed by atoms with E-state index in [1.54, 1.807) is 8.61 Å². The van der Waals surface area contributed by atoms with Crippen LogP contribution in [-0.2, 0) is 14.9 Å². The molecule has 2 rings (SSSR count). The number of morpholine rings is 1. The van der Waals surface area contributed by atoms with E-state index >= 15 is 0 Å². The maximum Gasteiger partial charge on any atom is 0.282 e.